The molecule has 0 aliphatic heterocycles. The Labute approximate surface area is 89.9 Å². The van der Waals surface area contributed by atoms with Gasteiger partial charge in [-0.2, -0.15) is 5.10 Å². The van der Waals surface area contributed by atoms with Crippen molar-refractivity contribution in [2.45, 2.75) is 39.7 Å². The lowest BCUT2D eigenvalue weighted by Gasteiger charge is -2.14. The lowest BCUT2D eigenvalue weighted by Crippen LogP contribution is -2.18. The minimum atomic E-state index is -0.775. The third-order valence-corrected chi connectivity index (χ3v) is 2.35. The van der Waals surface area contributed by atoms with Crippen LogP contribution in [0.15, 0.2) is 12.3 Å². The van der Waals surface area contributed by atoms with Gasteiger partial charge < -0.3 is 5.11 Å². The topological polar surface area (TPSA) is 55.1 Å². The molecule has 1 rings (SSSR count). The van der Waals surface area contributed by atoms with Crippen LogP contribution >= 0.6 is 0 Å². The fourth-order valence-corrected chi connectivity index (χ4v) is 1.65. The van der Waals surface area contributed by atoms with E-state index in [1.54, 1.807) is 16.9 Å². The first kappa shape index (κ1) is 11.8. The Bertz CT molecular complexity index is 331. The number of carbonyl (C=O) groups is 1. The second kappa shape index (κ2) is 4.96. The average Bonchev–Trinajstić information content (AvgIpc) is 2.53. The molecule has 4 nitrogen and oxygen atoms in total. The van der Waals surface area contributed by atoms with Crippen LogP contribution in [0.3, 0.4) is 0 Å². The van der Waals surface area contributed by atoms with E-state index >= 15 is 0 Å². The average molecular weight is 210 g/mol. The van der Waals surface area contributed by atoms with Gasteiger partial charge in [0.2, 0.25) is 0 Å². The Balaban J connectivity index is 2.92. The zero-order valence-electron chi connectivity index (χ0n) is 9.47. The summed E-state index contributed by atoms with van der Waals surface area (Å²) in [6, 6.07) is 1.80. The van der Waals surface area contributed by atoms with Crippen LogP contribution < -0.4 is 0 Å². The molecule has 0 amide bonds. The van der Waals surface area contributed by atoms with Gasteiger partial charge in [0.25, 0.3) is 0 Å². The molecule has 15 heavy (non-hydrogen) atoms. The summed E-state index contributed by atoms with van der Waals surface area (Å²) in [7, 11) is 0. The first-order valence-electron chi connectivity index (χ1n) is 5.30. The molecular weight excluding hydrogens is 192 g/mol. The van der Waals surface area contributed by atoms with E-state index in [2.05, 4.69) is 18.9 Å². The van der Waals surface area contributed by atoms with Crippen molar-refractivity contribution in [1.29, 1.82) is 0 Å². The maximum absolute atomic E-state index is 11.0. The van der Waals surface area contributed by atoms with E-state index in [-0.39, 0.29) is 0 Å². The lowest BCUT2D eigenvalue weighted by atomic mass is 10.0. The Kier molecular flexibility index (Phi) is 3.88. The van der Waals surface area contributed by atoms with Gasteiger partial charge in [0.1, 0.15) is 0 Å². The molecule has 0 radical (unpaired) electrons. The molecule has 0 saturated carbocycles. The molecular formula is C11H18N2O2. The van der Waals surface area contributed by atoms with Gasteiger partial charge in [-0.05, 0) is 18.4 Å². The first-order valence-corrected chi connectivity index (χ1v) is 5.30. The van der Waals surface area contributed by atoms with Crippen LogP contribution in [0.2, 0.25) is 0 Å². The van der Waals surface area contributed by atoms with E-state index in [9.17, 15) is 4.79 Å². The summed E-state index contributed by atoms with van der Waals surface area (Å²) in [5.74, 6) is -0.746. The summed E-state index contributed by atoms with van der Waals surface area (Å²) in [5, 5.41) is 13.2. The van der Waals surface area contributed by atoms with Crippen LogP contribution in [0.1, 0.15) is 38.8 Å². The highest BCUT2D eigenvalue weighted by Crippen LogP contribution is 2.20. The maximum atomic E-state index is 11.0. The van der Waals surface area contributed by atoms with Gasteiger partial charge in [-0.3, -0.25) is 9.48 Å². The molecule has 1 aromatic rings. The van der Waals surface area contributed by atoms with Crippen molar-refractivity contribution >= 4 is 5.97 Å². The van der Waals surface area contributed by atoms with E-state index in [1.807, 2.05) is 6.92 Å². The van der Waals surface area contributed by atoms with Gasteiger partial charge >= 0.3 is 5.97 Å². The normalized spacial score (nSPS) is 13.1. The van der Waals surface area contributed by atoms with Gasteiger partial charge in [0, 0.05) is 12.7 Å². The fourth-order valence-electron chi connectivity index (χ4n) is 1.65. The monoisotopic (exact) mass is 210 g/mol. The molecule has 0 saturated heterocycles. The van der Waals surface area contributed by atoms with E-state index in [4.69, 9.17) is 5.11 Å². The predicted molar refractivity (Wildman–Crippen MR) is 57.7 cm³/mol. The quantitative estimate of drug-likeness (QED) is 0.809. The van der Waals surface area contributed by atoms with Crippen LogP contribution in [0.25, 0.3) is 0 Å². The molecule has 0 spiro atoms. The number of hydrogen-bond acceptors (Lipinski definition) is 2. The highest BCUT2D eigenvalue weighted by atomic mass is 16.4. The number of rotatable bonds is 5. The van der Waals surface area contributed by atoms with Gasteiger partial charge in [0.15, 0.2) is 0 Å². The number of aromatic nitrogens is 2. The molecule has 0 aliphatic rings. The standard InChI is InChI=1S/C11H18N2O2/c1-4-9(11(14)15)10-5-6-12-13(10)7-8(2)3/h5-6,8-9H,4,7H2,1-3H3,(H,14,15). The van der Waals surface area contributed by atoms with Crippen LogP contribution in [0.4, 0.5) is 0 Å². The molecule has 0 bridgehead atoms. The number of nitrogens with zero attached hydrogens (tertiary/aromatic N) is 2. The molecule has 0 aromatic carbocycles. The van der Waals surface area contributed by atoms with Crippen molar-refractivity contribution in [3.8, 4) is 0 Å². The zero-order chi connectivity index (χ0) is 11.4. The van der Waals surface area contributed by atoms with Crippen molar-refractivity contribution in [2.24, 2.45) is 5.92 Å². The van der Waals surface area contributed by atoms with Crippen molar-refractivity contribution in [3.05, 3.63) is 18.0 Å². The minimum absolute atomic E-state index is 0.439. The fraction of sp³-hybridized carbons (Fsp3) is 0.636. The van der Waals surface area contributed by atoms with Crippen molar-refractivity contribution < 1.29 is 9.90 Å². The number of carboxylic acids is 1. The Hall–Kier alpha value is -1.32. The Morgan fingerprint density at radius 2 is 2.27 bits per heavy atom. The third kappa shape index (κ3) is 2.81. The summed E-state index contributed by atoms with van der Waals surface area (Å²) < 4.78 is 1.80. The van der Waals surface area contributed by atoms with Gasteiger partial charge in [-0.25, -0.2) is 0 Å². The van der Waals surface area contributed by atoms with Crippen molar-refractivity contribution in [3.63, 3.8) is 0 Å². The van der Waals surface area contributed by atoms with E-state index < -0.39 is 11.9 Å². The van der Waals surface area contributed by atoms with Crippen molar-refractivity contribution in [1.82, 2.24) is 9.78 Å². The summed E-state index contributed by atoms with van der Waals surface area (Å²) >= 11 is 0. The molecule has 1 aromatic heterocycles. The summed E-state index contributed by atoms with van der Waals surface area (Å²) in [5.41, 5.74) is 0.804. The summed E-state index contributed by atoms with van der Waals surface area (Å²) in [4.78, 5) is 11.0. The molecule has 0 fully saturated rings. The zero-order valence-corrected chi connectivity index (χ0v) is 9.47. The van der Waals surface area contributed by atoms with Crippen molar-refractivity contribution in [2.75, 3.05) is 0 Å². The molecule has 1 heterocycles. The van der Waals surface area contributed by atoms with Crippen LogP contribution in [0, 0.1) is 5.92 Å². The molecule has 4 heteroatoms. The Morgan fingerprint density at radius 3 is 2.73 bits per heavy atom. The first-order chi connectivity index (χ1) is 7.06. The van der Waals surface area contributed by atoms with Crippen LogP contribution in [0.5, 0.6) is 0 Å². The predicted octanol–water partition coefficient (Wildman–Crippen LogP) is 2.12. The molecule has 1 unspecified atom stereocenters. The van der Waals surface area contributed by atoms with E-state index in [0.717, 1.165) is 12.2 Å². The van der Waals surface area contributed by atoms with E-state index in [1.165, 1.54) is 0 Å². The van der Waals surface area contributed by atoms with Gasteiger partial charge in [-0.1, -0.05) is 20.8 Å². The second-order valence-electron chi connectivity index (χ2n) is 4.13. The van der Waals surface area contributed by atoms with Gasteiger partial charge in [-0.15, -0.1) is 0 Å². The number of carboxylic acid groups (broad SMARTS) is 1. The van der Waals surface area contributed by atoms with E-state index in [0.29, 0.717) is 12.3 Å². The largest absolute Gasteiger partial charge is 0.481 e. The van der Waals surface area contributed by atoms with Crippen LogP contribution in [-0.2, 0) is 11.3 Å². The SMILES string of the molecule is CCC(C(=O)O)c1ccnn1CC(C)C. The van der Waals surface area contributed by atoms with Gasteiger partial charge in [0.05, 0.1) is 11.6 Å². The summed E-state index contributed by atoms with van der Waals surface area (Å²) in [6.07, 6.45) is 2.27. The number of hydrogen-bond donors (Lipinski definition) is 1. The molecule has 1 N–H and O–H groups in total. The Morgan fingerprint density at radius 1 is 1.60 bits per heavy atom. The molecule has 84 valence electrons. The molecule has 1 atom stereocenters. The molecule has 0 aliphatic carbocycles. The lowest BCUT2D eigenvalue weighted by molar-refractivity contribution is -0.139. The summed E-state index contributed by atoms with van der Waals surface area (Å²) in [6.45, 7) is 6.83. The highest BCUT2D eigenvalue weighted by Gasteiger charge is 2.21. The second-order valence-corrected chi connectivity index (χ2v) is 4.13. The van der Waals surface area contributed by atoms with Crippen LogP contribution in [-0.4, -0.2) is 20.9 Å². The number of aliphatic carboxylic acids is 1. The highest BCUT2D eigenvalue weighted by molar-refractivity contribution is 5.75. The maximum Gasteiger partial charge on any atom is 0.312 e. The minimum Gasteiger partial charge on any atom is -0.481 e. The third-order valence-electron chi connectivity index (χ3n) is 2.35. The smallest absolute Gasteiger partial charge is 0.312 e.